The van der Waals surface area contributed by atoms with E-state index in [0.29, 0.717) is 71.2 Å². The van der Waals surface area contributed by atoms with Crippen LogP contribution in [0.4, 0.5) is 0 Å². The van der Waals surface area contributed by atoms with Gasteiger partial charge in [0.15, 0.2) is 5.78 Å². The Bertz CT molecular complexity index is 3700. The molecule has 15 rings (SSSR count). The molecule has 15 aliphatic rings. The lowest BCUT2D eigenvalue weighted by Crippen LogP contribution is -2.54. The van der Waals surface area contributed by atoms with Crippen molar-refractivity contribution in [1.29, 1.82) is 0 Å². The Kier molecular flexibility index (Phi) is 25.3. The monoisotopic (exact) mass is 1520 g/mol. The summed E-state index contributed by atoms with van der Waals surface area (Å²) in [7, 11) is 1.54. The molecule has 616 valence electrons. The lowest BCUT2D eigenvalue weighted by molar-refractivity contribution is -0.164. The average molecular weight is 1520 g/mol. The minimum absolute atomic E-state index is 0.00485. The van der Waals surface area contributed by atoms with E-state index in [2.05, 4.69) is 211 Å². The summed E-state index contributed by atoms with van der Waals surface area (Å²) in [5.41, 5.74) is 10.1. The minimum Gasteiger partial charge on any atom is -0.469 e. The van der Waals surface area contributed by atoms with E-state index in [4.69, 9.17) is 4.74 Å². The number of hydrogen-bond donors (Lipinski definition) is 2. The molecule has 111 heavy (non-hydrogen) atoms. The Morgan fingerprint density at radius 1 is 0.387 bits per heavy atom. The van der Waals surface area contributed by atoms with Crippen LogP contribution in [-0.4, -0.2) is 48.1 Å². The van der Waals surface area contributed by atoms with E-state index >= 15 is 0 Å². The van der Waals surface area contributed by atoms with E-state index in [0.717, 1.165) is 64.2 Å². The summed E-state index contributed by atoms with van der Waals surface area (Å²) in [6.07, 6.45) is 69.7. The first-order valence-corrected chi connectivity index (χ1v) is 45.6. The number of rotatable bonds is 12. The predicted octanol–water partition coefficient (Wildman–Crippen LogP) is 27.3. The first-order valence-electron chi connectivity index (χ1n) is 45.6. The number of hydrogen-bond acceptors (Lipinski definition) is 6. The molecular formula is C105H160O6. The Hall–Kier alpha value is -4.39. The summed E-state index contributed by atoms with van der Waals surface area (Å²) >= 11 is 0. The number of aliphatic hydroxyl groups is 2. The highest BCUT2D eigenvalue weighted by Crippen LogP contribution is 2.72. The van der Waals surface area contributed by atoms with E-state index in [1.165, 1.54) is 167 Å². The Labute approximate surface area is 679 Å². The Morgan fingerprint density at radius 2 is 0.685 bits per heavy atom. The maximum absolute atomic E-state index is 12.7. The Balaban J connectivity index is 0.000000137. The predicted molar refractivity (Wildman–Crippen MR) is 466 cm³/mol. The molecule has 0 aromatic carbocycles. The summed E-state index contributed by atoms with van der Waals surface area (Å²) in [5.74, 6) is 6.09. The zero-order valence-corrected chi connectivity index (χ0v) is 73.8. The maximum Gasteiger partial charge on any atom is 0.311 e. The molecule has 6 heteroatoms. The number of methoxy groups -OCH3 is 1. The van der Waals surface area contributed by atoms with E-state index in [9.17, 15) is 24.6 Å². The molecule has 0 radical (unpaired) electrons. The summed E-state index contributed by atoms with van der Waals surface area (Å²) in [6, 6.07) is 0. The molecule has 11 unspecified atom stereocenters. The molecule has 6 nitrogen and oxygen atoms in total. The fourth-order valence-electron chi connectivity index (χ4n) is 31.0. The van der Waals surface area contributed by atoms with Gasteiger partial charge in [0.2, 0.25) is 0 Å². The molecule has 10 saturated carbocycles. The van der Waals surface area contributed by atoms with Crippen LogP contribution in [0.2, 0.25) is 0 Å². The molecule has 0 aliphatic heterocycles. The zero-order valence-electron chi connectivity index (χ0n) is 73.8. The maximum atomic E-state index is 12.7. The first-order chi connectivity index (χ1) is 52.2. The quantitative estimate of drug-likeness (QED) is 0.0874. The third-order valence-corrected chi connectivity index (χ3v) is 38.2. The van der Waals surface area contributed by atoms with Gasteiger partial charge < -0.3 is 19.7 Å². The molecule has 0 spiro atoms. The molecule has 0 aromatic rings. The first kappa shape index (κ1) is 87.4. The van der Waals surface area contributed by atoms with Crippen LogP contribution in [-0.2, 0) is 19.1 Å². The topological polar surface area (TPSA) is 101 Å². The van der Waals surface area contributed by atoms with E-state index < -0.39 is 6.10 Å². The number of carbonyl (C=O) groups excluding carboxylic acids is 3. The van der Waals surface area contributed by atoms with Gasteiger partial charge in [-0.25, -0.2) is 0 Å². The summed E-state index contributed by atoms with van der Waals surface area (Å²) in [4.78, 5) is 37.0. The average Bonchev–Trinajstić information content (AvgIpc) is 0.735. The third-order valence-electron chi connectivity index (χ3n) is 38.2. The number of esters is 1. The number of carbonyl (C=O) groups is 3. The molecule has 10 fully saturated rings. The van der Waals surface area contributed by atoms with Crippen LogP contribution >= 0.6 is 0 Å². The van der Waals surface area contributed by atoms with Crippen molar-refractivity contribution in [2.24, 2.45) is 140 Å². The number of aliphatic hydroxyl groups excluding tert-OH is 2. The molecule has 0 amide bonds. The second-order valence-electron chi connectivity index (χ2n) is 43.8. The number of ether oxygens (including phenoxy) is 1. The van der Waals surface area contributed by atoms with Crippen LogP contribution in [0.25, 0.3) is 0 Å². The third kappa shape index (κ3) is 14.4. The second kappa shape index (κ2) is 32.1. The van der Waals surface area contributed by atoms with Gasteiger partial charge in [0, 0.05) is 22.9 Å². The molecule has 15 aliphatic carbocycles. The van der Waals surface area contributed by atoms with Crippen molar-refractivity contribution in [1.82, 2.24) is 0 Å². The van der Waals surface area contributed by atoms with Crippen LogP contribution in [0.3, 0.4) is 0 Å². The van der Waals surface area contributed by atoms with E-state index in [-0.39, 0.29) is 87.6 Å². The van der Waals surface area contributed by atoms with Gasteiger partial charge in [0.05, 0.1) is 18.6 Å². The minimum atomic E-state index is -0.390. The lowest BCUT2D eigenvalue weighted by Gasteiger charge is -2.61. The molecule has 0 heterocycles. The van der Waals surface area contributed by atoms with Gasteiger partial charge in [0.25, 0.3) is 0 Å². The standard InChI is InChI=1S/C22H34O.C22H32O.C21H32O2.C20H32O.C20H30O/c2*1-6-19(23)22(5)15-9-14-21(4)17-10-8-13-20(3,7-2)16(17)11-12-18(21)22;1-6-19(2)12-7-9-16-15(19)10-11-17-20(16,3)13-8-14-21(17,4)18(22)23-5;2*1-5-18(2)11-6-8-16-15(18)9-10-17-19(3,14-21)12-7-13-20(16,17)4/h6-7,10,16,18-19,23H,1-2,8-9,11-15H2,3-5H3;6-7,10,16,18H,1-2,8-9,11-15H2,3-5H3;6,9,15,17H,1,7-8,10-14H2,2-5H3;5,8,15,17,21H,1,6-7,9-14H2,2-4H3;5,8,14-15,17H,1,6-7,9-13H2,2-4H3/t16?,18?,19?,20-,21-,22+;16?,18?,20-,21-,22+;15?,17?,19-,20-,21+;2*15?,17?,18-,19-,20-/m00000/s1. The number of allylic oxidation sites excluding steroid dienone is 16. The summed E-state index contributed by atoms with van der Waals surface area (Å²) < 4.78 is 5.21. The second-order valence-corrected chi connectivity index (χ2v) is 43.8. The molecule has 2 N–H and O–H groups in total. The van der Waals surface area contributed by atoms with Crippen molar-refractivity contribution in [3.63, 3.8) is 0 Å². The molecular weight excluding hydrogens is 1360 g/mol. The van der Waals surface area contributed by atoms with Crippen LogP contribution in [0.5, 0.6) is 0 Å². The van der Waals surface area contributed by atoms with Gasteiger partial charge in [-0.1, -0.05) is 230 Å². The summed E-state index contributed by atoms with van der Waals surface area (Å²) in [5, 5.41) is 20.7. The van der Waals surface area contributed by atoms with Gasteiger partial charge in [-0.15, -0.1) is 39.5 Å². The van der Waals surface area contributed by atoms with Gasteiger partial charge in [-0.2, -0.15) is 0 Å². The smallest absolute Gasteiger partial charge is 0.311 e. The van der Waals surface area contributed by atoms with Crippen molar-refractivity contribution in [2.75, 3.05) is 13.7 Å². The largest absolute Gasteiger partial charge is 0.469 e. The van der Waals surface area contributed by atoms with Crippen molar-refractivity contribution in [2.45, 2.75) is 335 Å². The van der Waals surface area contributed by atoms with Gasteiger partial charge in [-0.05, 0) is 324 Å². The van der Waals surface area contributed by atoms with Gasteiger partial charge >= 0.3 is 5.97 Å². The highest BCUT2D eigenvalue weighted by molar-refractivity contribution is 5.94. The van der Waals surface area contributed by atoms with Gasteiger partial charge in [-0.3, -0.25) is 9.59 Å². The van der Waals surface area contributed by atoms with Crippen molar-refractivity contribution < 1.29 is 29.3 Å². The van der Waals surface area contributed by atoms with Crippen LogP contribution in [0.15, 0.2) is 147 Å². The lowest BCUT2D eigenvalue weighted by atomic mass is 9.43. The van der Waals surface area contributed by atoms with Crippen molar-refractivity contribution >= 4 is 18.0 Å². The molecule has 26 atom stereocenters. The zero-order chi connectivity index (χ0) is 81.2. The SMILES string of the molecule is C=CC(=O)[C@]1(C)CCC[C@@]2(C)C3=CCC[C@](C)(C=C)C3CCC12.C=CC(O)[C@]1(C)CCC[C@@]2(C)C3=CCC[C@](C)(C=C)C3CCC12.C=C[C@@]1(C)CCC=C2C1CCC1[C@@]2(C)CCC[C@@]1(C)C=O.C=C[C@@]1(C)CCC=C2C1CCC1[C@](C)(C(=O)OC)CCC[C@@]21C.C=C[C@@]1(C)CCC=C2C1CCC1[C@](C)(CO)CCC[C@@]21C. The highest BCUT2D eigenvalue weighted by atomic mass is 16.5. The molecule has 0 saturated heterocycles. The van der Waals surface area contributed by atoms with E-state index in [1.807, 2.05) is 0 Å². The van der Waals surface area contributed by atoms with Crippen LogP contribution in [0, 0.1) is 140 Å². The number of ketones is 1. The van der Waals surface area contributed by atoms with E-state index in [1.54, 1.807) is 47.1 Å². The molecule has 0 bridgehead atoms. The van der Waals surface area contributed by atoms with Crippen LogP contribution < -0.4 is 0 Å². The van der Waals surface area contributed by atoms with Crippen molar-refractivity contribution in [3.05, 3.63) is 147 Å². The number of fused-ring (bicyclic) bond motifs is 15. The number of aldehydes is 1. The van der Waals surface area contributed by atoms with Crippen LogP contribution in [0.1, 0.15) is 329 Å². The normalized spacial score (nSPS) is 47.8. The van der Waals surface area contributed by atoms with Gasteiger partial charge in [0.1, 0.15) is 6.29 Å². The summed E-state index contributed by atoms with van der Waals surface area (Å²) in [6.45, 7) is 64.2. The highest BCUT2D eigenvalue weighted by Gasteiger charge is 2.64. The Morgan fingerprint density at radius 3 is 1.03 bits per heavy atom. The van der Waals surface area contributed by atoms with Crippen molar-refractivity contribution in [3.8, 4) is 0 Å². The fourth-order valence-corrected chi connectivity index (χ4v) is 31.0. The molecule has 0 aromatic heterocycles. The fraction of sp³-hybridized carbons (Fsp3) is 0.743.